The van der Waals surface area contributed by atoms with E-state index in [0.717, 1.165) is 37.8 Å². The molecule has 5 rings (SSSR count). The Labute approximate surface area is 200 Å². The van der Waals surface area contributed by atoms with Gasteiger partial charge in [0.15, 0.2) is 0 Å². The van der Waals surface area contributed by atoms with Gasteiger partial charge < -0.3 is 9.80 Å². The van der Waals surface area contributed by atoms with Crippen LogP contribution in [0.5, 0.6) is 0 Å². The molecule has 34 heavy (non-hydrogen) atoms. The molecule has 3 heterocycles. The summed E-state index contributed by atoms with van der Waals surface area (Å²) in [6.45, 7) is 7.56. The number of fused-ring (bicyclic) bond motifs is 1. The third kappa shape index (κ3) is 3.56. The number of carbonyl (C=O) groups excluding carboxylic acids is 2. The maximum atomic E-state index is 13.9. The van der Waals surface area contributed by atoms with Gasteiger partial charge in [-0.3, -0.25) is 14.2 Å². The number of benzene rings is 1. The van der Waals surface area contributed by atoms with Gasteiger partial charge in [-0.15, -0.1) is 0 Å². The van der Waals surface area contributed by atoms with Crippen LogP contribution < -0.4 is 5.69 Å². The summed E-state index contributed by atoms with van der Waals surface area (Å²) in [5, 5.41) is 0. The SMILES string of the molecule is CC(=O)N1[C@H](Cc2ccccc2)[C@@H]2C[C@@]3(C)[C@H](CCC[C@@H]13)N2C(=O)Cn1c(C)cc(C)nc1=O. The molecule has 3 aliphatic rings. The lowest BCUT2D eigenvalue weighted by atomic mass is 9.64. The average molecular weight is 463 g/mol. The summed E-state index contributed by atoms with van der Waals surface area (Å²) in [5.41, 5.74) is 2.07. The first-order valence-corrected chi connectivity index (χ1v) is 12.4. The van der Waals surface area contributed by atoms with Crippen LogP contribution in [0.15, 0.2) is 41.2 Å². The summed E-state index contributed by atoms with van der Waals surface area (Å²) in [5.74, 6) is 0.0466. The Bertz CT molecular complexity index is 1180. The number of hydrogen-bond donors (Lipinski definition) is 0. The molecule has 2 amide bonds. The number of aromatic nitrogens is 2. The van der Waals surface area contributed by atoms with Crippen LogP contribution in [0.4, 0.5) is 0 Å². The fourth-order valence-electron chi connectivity index (χ4n) is 7.18. The van der Waals surface area contributed by atoms with E-state index in [2.05, 4.69) is 33.8 Å². The quantitative estimate of drug-likeness (QED) is 0.700. The summed E-state index contributed by atoms with van der Waals surface area (Å²) in [6, 6.07) is 12.2. The molecule has 180 valence electrons. The Hall–Kier alpha value is -2.96. The third-order valence-electron chi connectivity index (χ3n) is 8.54. The molecule has 0 spiro atoms. The summed E-state index contributed by atoms with van der Waals surface area (Å²) in [6.07, 6.45) is 4.54. The highest BCUT2D eigenvalue weighted by Gasteiger charge is 2.64. The van der Waals surface area contributed by atoms with Crippen LogP contribution in [0, 0.1) is 19.3 Å². The van der Waals surface area contributed by atoms with Gasteiger partial charge in [-0.25, -0.2) is 4.79 Å². The van der Waals surface area contributed by atoms with Crippen LogP contribution in [0.1, 0.15) is 56.5 Å². The monoisotopic (exact) mass is 462 g/mol. The van der Waals surface area contributed by atoms with Gasteiger partial charge in [0.2, 0.25) is 11.8 Å². The van der Waals surface area contributed by atoms with Crippen LogP contribution in [-0.4, -0.2) is 55.3 Å². The molecule has 7 nitrogen and oxygen atoms in total. The molecule has 3 fully saturated rings. The fourth-order valence-corrected chi connectivity index (χ4v) is 7.18. The van der Waals surface area contributed by atoms with Crippen molar-refractivity contribution in [2.75, 3.05) is 0 Å². The number of carbonyl (C=O) groups is 2. The molecule has 2 aliphatic heterocycles. The van der Waals surface area contributed by atoms with E-state index >= 15 is 0 Å². The van der Waals surface area contributed by atoms with E-state index in [1.807, 2.05) is 31.2 Å². The lowest BCUT2D eigenvalue weighted by Crippen LogP contribution is -2.62. The smallest absolute Gasteiger partial charge is 0.334 e. The first-order chi connectivity index (χ1) is 16.2. The minimum Gasteiger partial charge on any atom is -0.334 e. The molecule has 5 atom stereocenters. The molecule has 1 aromatic carbocycles. The Morgan fingerprint density at radius 1 is 1.09 bits per heavy atom. The highest BCUT2D eigenvalue weighted by molar-refractivity contribution is 5.79. The van der Waals surface area contributed by atoms with Crippen molar-refractivity contribution in [2.24, 2.45) is 5.41 Å². The van der Waals surface area contributed by atoms with Crippen LogP contribution in [-0.2, 0) is 22.6 Å². The van der Waals surface area contributed by atoms with Crippen molar-refractivity contribution >= 4 is 11.8 Å². The lowest BCUT2D eigenvalue weighted by Gasteiger charge is -2.52. The Morgan fingerprint density at radius 2 is 1.76 bits per heavy atom. The van der Waals surface area contributed by atoms with Crippen molar-refractivity contribution in [3.63, 3.8) is 0 Å². The zero-order chi connectivity index (χ0) is 24.2. The van der Waals surface area contributed by atoms with Crippen molar-refractivity contribution in [1.82, 2.24) is 19.4 Å². The van der Waals surface area contributed by atoms with Crippen molar-refractivity contribution in [3.05, 3.63) is 63.8 Å². The summed E-state index contributed by atoms with van der Waals surface area (Å²) in [7, 11) is 0. The predicted molar refractivity (Wildman–Crippen MR) is 129 cm³/mol. The maximum absolute atomic E-state index is 13.9. The molecule has 2 aromatic rings. The largest absolute Gasteiger partial charge is 0.348 e. The van der Waals surface area contributed by atoms with E-state index in [1.165, 1.54) is 10.1 Å². The van der Waals surface area contributed by atoms with E-state index in [0.29, 0.717) is 5.69 Å². The van der Waals surface area contributed by atoms with Gasteiger partial charge in [-0.1, -0.05) is 37.3 Å². The molecule has 2 bridgehead atoms. The second-order valence-electron chi connectivity index (χ2n) is 10.6. The summed E-state index contributed by atoms with van der Waals surface area (Å²) >= 11 is 0. The Morgan fingerprint density at radius 3 is 2.41 bits per heavy atom. The maximum Gasteiger partial charge on any atom is 0.348 e. The predicted octanol–water partition coefficient (Wildman–Crippen LogP) is 2.86. The molecule has 1 aliphatic carbocycles. The second kappa shape index (κ2) is 8.36. The summed E-state index contributed by atoms with van der Waals surface area (Å²) in [4.78, 5) is 47.7. The minimum atomic E-state index is -0.382. The second-order valence-corrected chi connectivity index (χ2v) is 10.6. The van der Waals surface area contributed by atoms with E-state index in [1.54, 1.807) is 13.8 Å². The number of nitrogens with zero attached hydrogens (tertiary/aromatic N) is 4. The number of likely N-dealkylation sites (tertiary alicyclic amines) is 2. The zero-order valence-corrected chi connectivity index (χ0v) is 20.5. The summed E-state index contributed by atoms with van der Waals surface area (Å²) < 4.78 is 1.48. The Kier molecular flexibility index (Phi) is 5.61. The fraction of sp³-hybridized carbons (Fsp3) is 0.556. The van der Waals surface area contributed by atoms with Gasteiger partial charge in [0, 0.05) is 35.8 Å². The molecule has 1 aromatic heterocycles. The van der Waals surface area contributed by atoms with E-state index in [9.17, 15) is 14.4 Å². The molecular weight excluding hydrogens is 428 g/mol. The molecule has 1 saturated carbocycles. The standard InChI is InChI=1S/C27H34N4O3/c1-17-13-18(2)29(26(34)28-17)16-25(33)31-22-15-27(4)23(11-8-12-24(27)31)30(19(3)32)21(22)14-20-9-6-5-7-10-20/h5-7,9-10,13,21-24H,8,11-12,14-16H2,1-4H3/t21-,22+,23-,24+,27-/m1/s1. The van der Waals surface area contributed by atoms with Crippen molar-refractivity contribution < 1.29 is 9.59 Å². The van der Waals surface area contributed by atoms with Crippen LogP contribution in [0.25, 0.3) is 0 Å². The van der Waals surface area contributed by atoms with Crippen LogP contribution >= 0.6 is 0 Å². The number of piperidine rings is 1. The van der Waals surface area contributed by atoms with Gasteiger partial charge in [0.25, 0.3) is 0 Å². The Balaban J connectivity index is 1.54. The molecule has 7 heteroatoms. The van der Waals surface area contributed by atoms with Crippen LogP contribution in [0.2, 0.25) is 0 Å². The van der Waals surface area contributed by atoms with Crippen molar-refractivity contribution in [2.45, 2.75) is 90.5 Å². The topological polar surface area (TPSA) is 75.5 Å². The first-order valence-electron chi connectivity index (χ1n) is 12.4. The van der Waals surface area contributed by atoms with Gasteiger partial charge in [0.1, 0.15) is 6.54 Å². The van der Waals surface area contributed by atoms with Gasteiger partial charge in [-0.2, -0.15) is 4.98 Å². The molecule has 0 radical (unpaired) electrons. The molecule has 2 saturated heterocycles. The van der Waals surface area contributed by atoms with E-state index in [4.69, 9.17) is 0 Å². The lowest BCUT2D eigenvalue weighted by molar-refractivity contribution is -0.143. The number of aryl methyl sites for hydroxylation is 2. The molecular formula is C27H34N4O3. The van der Waals surface area contributed by atoms with Crippen molar-refractivity contribution in [1.29, 1.82) is 0 Å². The van der Waals surface area contributed by atoms with Gasteiger partial charge >= 0.3 is 5.69 Å². The molecule has 0 unspecified atom stereocenters. The van der Waals surface area contributed by atoms with E-state index in [-0.39, 0.29) is 53.6 Å². The van der Waals surface area contributed by atoms with Gasteiger partial charge in [-0.05, 0) is 57.6 Å². The number of hydrogen-bond acceptors (Lipinski definition) is 4. The normalized spacial score (nSPS) is 29.9. The minimum absolute atomic E-state index is 0.0101. The van der Waals surface area contributed by atoms with Crippen molar-refractivity contribution in [3.8, 4) is 0 Å². The average Bonchev–Trinajstić information content (AvgIpc) is 3.09. The molecule has 0 N–H and O–H groups in total. The number of rotatable bonds is 4. The zero-order valence-electron chi connectivity index (χ0n) is 20.5. The highest BCUT2D eigenvalue weighted by atomic mass is 16.2. The van der Waals surface area contributed by atoms with Gasteiger partial charge in [0.05, 0.1) is 12.1 Å². The first kappa shape index (κ1) is 22.8. The third-order valence-corrected chi connectivity index (χ3v) is 8.54. The van der Waals surface area contributed by atoms with Crippen LogP contribution in [0.3, 0.4) is 0 Å². The number of amides is 2. The highest BCUT2D eigenvalue weighted by Crippen LogP contribution is 2.56. The van der Waals surface area contributed by atoms with E-state index < -0.39 is 0 Å².